The molecule has 0 atom stereocenters. The van der Waals surface area contributed by atoms with Gasteiger partial charge < -0.3 is 15.2 Å². The van der Waals surface area contributed by atoms with Crippen molar-refractivity contribution in [3.63, 3.8) is 0 Å². The van der Waals surface area contributed by atoms with Crippen molar-refractivity contribution in [3.05, 3.63) is 42.0 Å². The van der Waals surface area contributed by atoms with Gasteiger partial charge in [0, 0.05) is 6.07 Å². The first-order chi connectivity index (χ1) is 9.54. The zero-order chi connectivity index (χ0) is 14.5. The Balaban J connectivity index is 2.12. The van der Waals surface area contributed by atoms with Gasteiger partial charge in [0.2, 0.25) is 11.8 Å². The highest BCUT2D eigenvalue weighted by Gasteiger charge is 2.07. The highest BCUT2D eigenvalue weighted by Crippen LogP contribution is 2.26. The Hall–Kier alpha value is -2.23. The second-order valence-corrected chi connectivity index (χ2v) is 5.16. The van der Waals surface area contributed by atoms with Crippen LogP contribution in [-0.4, -0.2) is 11.6 Å². The maximum Gasteiger partial charge on any atom is 0.240 e. The topological polar surface area (TPSA) is 57.4 Å². The van der Waals surface area contributed by atoms with Crippen molar-refractivity contribution in [1.82, 2.24) is 4.98 Å². The molecule has 106 valence electrons. The van der Waals surface area contributed by atoms with Crippen LogP contribution < -0.4 is 15.2 Å². The van der Waals surface area contributed by atoms with Crippen molar-refractivity contribution in [2.75, 3.05) is 12.3 Å². The summed E-state index contributed by atoms with van der Waals surface area (Å²) < 4.78 is 11.3. The number of hydrogen-bond donors (Lipinski definition) is 1. The number of anilines is 1. The number of nitrogens with two attached hydrogens (primary N) is 1. The molecule has 20 heavy (non-hydrogen) atoms. The molecule has 0 bridgehead atoms. The lowest BCUT2D eigenvalue weighted by Gasteiger charge is -2.11. The molecule has 4 heteroatoms. The van der Waals surface area contributed by atoms with Crippen molar-refractivity contribution < 1.29 is 9.47 Å². The largest absolute Gasteiger partial charge is 0.476 e. The standard InChI is InChI=1S/C16H20N2O2/c1-11(2)10-19-16-14(17)8-9-15(18-16)20-13-6-4-12(3)5-7-13/h4-9,11H,10,17H2,1-3H3. The smallest absolute Gasteiger partial charge is 0.240 e. The number of nitrogen functional groups attached to an aromatic ring is 1. The number of nitrogens with zero attached hydrogens (tertiary/aromatic N) is 1. The van der Waals surface area contributed by atoms with Crippen LogP contribution in [0.25, 0.3) is 0 Å². The van der Waals surface area contributed by atoms with E-state index in [1.165, 1.54) is 5.56 Å². The monoisotopic (exact) mass is 272 g/mol. The number of ether oxygens (including phenoxy) is 2. The van der Waals surface area contributed by atoms with Gasteiger partial charge in [0.1, 0.15) is 5.75 Å². The van der Waals surface area contributed by atoms with Gasteiger partial charge in [0.05, 0.1) is 12.3 Å². The second kappa shape index (κ2) is 6.28. The zero-order valence-electron chi connectivity index (χ0n) is 12.1. The van der Waals surface area contributed by atoms with E-state index < -0.39 is 0 Å². The lowest BCUT2D eigenvalue weighted by atomic mass is 10.2. The fourth-order valence-electron chi connectivity index (χ4n) is 1.58. The summed E-state index contributed by atoms with van der Waals surface area (Å²) in [5.41, 5.74) is 7.55. The Bertz CT molecular complexity index is 565. The molecule has 0 aliphatic carbocycles. The minimum atomic E-state index is 0.415. The van der Waals surface area contributed by atoms with Crippen LogP contribution >= 0.6 is 0 Å². The molecular weight excluding hydrogens is 252 g/mol. The summed E-state index contributed by atoms with van der Waals surface area (Å²) in [5.74, 6) is 2.05. The van der Waals surface area contributed by atoms with Gasteiger partial charge in [-0.2, -0.15) is 4.98 Å². The molecule has 0 amide bonds. The molecule has 0 saturated carbocycles. The molecule has 1 heterocycles. The van der Waals surface area contributed by atoms with Gasteiger partial charge in [-0.05, 0) is 31.0 Å². The Labute approximate surface area is 119 Å². The number of aryl methyl sites for hydroxylation is 1. The summed E-state index contributed by atoms with van der Waals surface area (Å²) in [6.45, 7) is 6.75. The van der Waals surface area contributed by atoms with E-state index in [1.807, 2.05) is 31.2 Å². The number of pyridine rings is 1. The van der Waals surface area contributed by atoms with Crippen LogP contribution in [0, 0.1) is 12.8 Å². The van der Waals surface area contributed by atoms with E-state index in [0.717, 1.165) is 5.75 Å². The number of aromatic nitrogens is 1. The van der Waals surface area contributed by atoms with E-state index in [0.29, 0.717) is 30.0 Å². The molecule has 1 aromatic heterocycles. The van der Waals surface area contributed by atoms with Crippen LogP contribution in [0.5, 0.6) is 17.5 Å². The summed E-state index contributed by atoms with van der Waals surface area (Å²) >= 11 is 0. The van der Waals surface area contributed by atoms with Crippen LogP contribution in [0.1, 0.15) is 19.4 Å². The summed E-state index contributed by atoms with van der Waals surface area (Å²) in [4.78, 5) is 4.29. The number of rotatable bonds is 5. The van der Waals surface area contributed by atoms with Crippen molar-refractivity contribution >= 4 is 5.69 Å². The molecule has 0 aliphatic heterocycles. The van der Waals surface area contributed by atoms with Crippen molar-refractivity contribution in [2.45, 2.75) is 20.8 Å². The molecule has 2 rings (SSSR count). The van der Waals surface area contributed by atoms with Crippen molar-refractivity contribution in [3.8, 4) is 17.5 Å². The van der Waals surface area contributed by atoms with Crippen LogP contribution in [0.2, 0.25) is 0 Å². The van der Waals surface area contributed by atoms with Gasteiger partial charge in [-0.15, -0.1) is 0 Å². The molecule has 2 aromatic rings. The molecule has 0 unspecified atom stereocenters. The molecular formula is C16H20N2O2. The maximum absolute atomic E-state index is 5.85. The first-order valence-electron chi connectivity index (χ1n) is 6.68. The van der Waals surface area contributed by atoms with E-state index in [4.69, 9.17) is 15.2 Å². The molecule has 0 radical (unpaired) electrons. The maximum atomic E-state index is 5.85. The Morgan fingerprint density at radius 1 is 1.10 bits per heavy atom. The third kappa shape index (κ3) is 3.88. The van der Waals surface area contributed by atoms with Crippen LogP contribution in [0.3, 0.4) is 0 Å². The summed E-state index contributed by atoms with van der Waals surface area (Å²) in [5, 5.41) is 0. The SMILES string of the molecule is Cc1ccc(Oc2ccc(N)c(OCC(C)C)n2)cc1. The lowest BCUT2D eigenvalue weighted by Crippen LogP contribution is -2.07. The van der Waals surface area contributed by atoms with Crippen molar-refractivity contribution in [2.24, 2.45) is 5.92 Å². The normalized spacial score (nSPS) is 10.6. The third-order valence-electron chi connectivity index (χ3n) is 2.66. The van der Waals surface area contributed by atoms with E-state index in [9.17, 15) is 0 Å². The Morgan fingerprint density at radius 3 is 2.45 bits per heavy atom. The lowest BCUT2D eigenvalue weighted by molar-refractivity contribution is 0.260. The average Bonchev–Trinajstić information content (AvgIpc) is 2.42. The first-order valence-corrected chi connectivity index (χ1v) is 6.68. The zero-order valence-corrected chi connectivity index (χ0v) is 12.1. The van der Waals surface area contributed by atoms with E-state index in [1.54, 1.807) is 12.1 Å². The number of hydrogen-bond acceptors (Lipinski definition) is 4. The van der Waals surface area contributed by atoms with Crippen LogP contribution in [-0.2, 0) is 0 Å². The minimum absolute atomic E-state index is 0.415. The molecule has 4 nitrogen and oxygen atoms in total. The summed E-state index contributed by atoms with van der Waals surface area (Å²) in [6.07, 6.45) is 0. The molecule has 0 saturated heterocycles. The van der Waals surface area contributed by atoms with Gasteiger partial charge in [0.25, 0.3) is 0 Å². The highest BCUT2D eigenvalue weighted by molar-refractivity contribution is 5.49. The van der Waals surface area contributed by atoms with Crippen molar-refractivity contribution in [1.29, 1.82) is 0 Å². The summed E-state index contributed by atoms with van der Waals surface area (Å²) in [6, 6.07) is 11.3. The third-order valence-corrected chi connectivity index (χ3v) is 2.66. The molecule has 0 aliphatic rings. The number of benzene rings is 1. The van der Waals surface area contributed by atoms with E-state index in [-0.39, 0.29) is 0 Å². The van der Waals surface area contributed by atoms with Crippen LogP contribution in [0.15, 0.2) is 36.4 Å². The quantitative estimate of drug-likeness (QED) is 0.899. The molecule has 2 N–H and O–H groups in total. The molecule has 0 fully saturated rings. The van der Waals surface area contributed by atoms with Gasteiger partial charge in [-0.1, -0.05) is 31.5 Å². The second-order valence-electron chi connectivity index (χ2n) is 5.16. The van der Waals surface area contributed by atoms with Gasteiger partial charge in [0.15, 0.2) is 0 Å². The Morgan fingerprint density at radius 2 is 1.80 bits per heavy atom. The average molecular weight is 272 g/mol. The highest BCUT2D eigenvalue weighted by atomic mass is 16.5. The van der Waals surface area contributed by atoms with Crippen LogP contribution in [0.4, 0.5) is 5.69 Å². The van der Waals surface area contributed by atoms with E-state index in [2.05, 4.69) is 18.8 Å². The predicted molar refractivity (Wildman–Crippen MR) is 80.2 cm³/mol. The minimum Gasteiger partial charge on any atom is -0.476 e. The van der Waals surface area contributed by atoms with E-state index >= 15 is 0 Å². The Kier molecular flexibility index (Phi) is 4.45. The fraction of sp³-hybridized carbons (Fsp3) is 0.312. The first kappa shape index (κ1) is 14.2. The van der Waals surface area contributed by atoms with Gasteiger partial charge >= 0.3 is 0 Å². The van der Waals surface area contributed by atoms with Gasteiger partial charge in [-0.3, -0.25) is 0 Å². The van der Waals surface area contributed by atoms with Gasteiger partial charge in [-0.25, -0.2) is 0 Å². The molecule has 1 aromatic carbocycles. The predicted octanol–water partition coefficient (Wildman–Crippen LogP) is 3.80. The summed E-state index contributed by atoms with van der Waals surface area (Å²) in [7, 11) is 0. The fourth-order valence-corrected chi connectivity index (χ4v) is 1.58. The molecule has 0 spiro atoms.